The SMILES string of the molecule is CC(C)(C)OC(O)N1CCCO[C@H](C(=O)O)C1. The highest BCUT2D eigenvalue weighted by Gasteiger charge is 2.30. The molecule has 2 atom stereocenters. The highest BCUT2D eigenvalue weighted by molar-refractivity contribution is 5.72. The van der Waals surface area contributed by atoms with Crippen LogP contribution in [0.3, 0.4) is 0 Å². The monoisotopic (exact) mass is 247 g/mol. The molecule has 17 heavy (non-hydrogen) atoms. The van der Waals surface area contributed by atoms with Crippen molar-refractivity contribution in [1.29, 1.82) is 0 Å². The van der Waals surface area contributed by atoms with Gasteiger partial charge in [0.05, 0.1) is 5.60 Å². The summed E-state index contributed by atoms with van der Waals surface area (Å²) in [6.45, 7) is 6.57. The molecule has 0 saturated carbocycles. The number of rotatable bonds is 3. The number of aliphatic hydroxyl groups is 1. The molecule has 1 unspecified atom stereocenters. The zero-order valence-corrected chi connectivity index (χ0v) is 10.5. The Morgan fingerprint density at radius 2 is 2.18 bits per heavy atom. The summed E-state index contributed by atoms with van der Waals surface area (Å²) >= 11 is 0. The maximum absolute atomic E-state index is 10.9. The minimum absolute atomic E-state index is 0.132. The molecule has 1 aliphatic rings. The Balaban J connectivity index is 2.59. The number of aliphatic hydroxyl groups excluding tert-OH is 1. The summed E-state index contributed by atoms with van der Waals surface area (Å²) < 4.78 is 10.6. The third-order valence-corrected chi connectivity index (χ3v) is 2.36. The minimum Gasteiger partial charge on any atom is -0.479 e. The zero-order valence-electron chi connectivity index (χ0n) is 10.5. The van der Waals surface area contributed by atoms with E-state index < -0.39 is 24.1 Å². The molecule has 0 spiro atoms. The van der Waals surface area contributed by atoms with Crippen molar-refractivity contribution in [3.05, 3.63) is 0 Å². The van der Waals surface area contributed by atoms with Crippen LogP contribution in [0, 0.1) is 0 Å². The van der Waals surface area contributed by atoms with Gasteiger partial charge in [-0.05, 0) is 27.2 Å². The summed E-state index contributed by atoms with van der Waals surface area (Å²) in [5.41, 5.74) is -0.481. The second kappa shape index (κ2) is 5.77. The first-order valence-electron chi connectivity index (χ1n) is 5.74. The third-order valence-electron chi connectivity index (χ3n) is 2.36. The molecular weight excluding hydrogens is 226 g/mol. The van der Waals surface area contributed by atoms with Crippen LogP contribution in [0.5, 0.6) is 0 Å². The van der Waals surface area contributed by atoms with Crippen molar-refractivity contribution in [3.8, 4) is 0 Å². The molecule has 0 aromatic rings. The van der Waals surface area contributed by atoms with Crippen molar-refractivity contribution in [2.24, 2.45) is 0 Å². The van der Waals surface area contributed by atoms with Crippen molar-refractivity contribution in [2.75, 3.05) is 19.7 Å². The molecule has 1 aliphatic heterocycles. The maximum Gasteiger partial charge on any atom is 0.334 e. The number of hydrogen-bond acceptors (Lipinski definition) is 5. The number of carboxylic acids is 1. The van der Waals surface area contributed by atoms with E-state index in [0.717, 1.165) is 0 Å². The van der Waals surface area contributed by atoms with Gasteiger partial charge in [0.1, 0.15) is 0 Å². The minimum atomic E-state index is -1.10. The highest BCUT2D eigenvalue weighted by Crippen LogP contribution is 2.15. The molecule has 1 rings (SSSR count). The van der Waals surface area contributed by atoms with Gasteiger partial charge < -0.3 is 19.7 Å². The normalized spacial score (nSPS) is 25.3. The lowest BCUT2D eigenvalue weighted by Crippen LogP contribution is -2.46. The predicted octanol–water partition coefficient (Wildman–Crippen LogP) is 0.253. The van der Waals surface area contributed by atoms with Gasteiger partial charge in [-0.3, -0.25) is 4.90 Å². The molecule has 0 aromatic heterocycles. The van der Waals surface area contributed by atoms with Crippen LogP contribution in [0.4, 0.5) is 0 Å². The quantitative estimate of drug-likeness (QED) is 0.696. The maximum atomic E-state index is 10.9. The summed E-state index contributed by atoms with van der Waals surface area (Å²) in [5.74, 6) is -1.01. The lowest BCUT2D eigenvalue weighted by Gasteiger charge is -2.32. The molecule has 1 heterocycles. The lowest BCUT2D eigenvalue weighted by molar-refractivity contribution is -0.240. The topological polar surface area (TPSA) is 79.2 Å². The average Bonchev–Trinajstić information content (AvgIpc) is 2.39. The molecule has 0 bridgehead atoms. The van der Waals surface area contributed by atoms with Crippen LogP contribution in [-0.4, -0.2) is 58.9 Å². The smallest absolute Gasteiger partial charge is 0.334 e. The van der Waals surface area contributed by atoms with Crippen LogP contribution >= 0.6 is 0 Å². The second-order valence-corrected chi connectivity index (χ2v) is 5.10. The zero-order chi connectivity index (χ0) is 13.1. The summed E-state index contributed by atoms with van der Waals surface area (Å²) in [6.07, 6.45) is -1.33. The Morgan fingerprint density at radius 1 is 1.53 bits per heavy atom. The summed E-state index contributed by atoms with van der Waals surface area (Å²) in [6, 6.07) is 0. The Kier molecular flexibility index (Phi) is 4.88. The Labute approximate surface area is 101 Å². The Bertz CT molecular complexity index is 263. The van der Waals surface area contributed by atoms with Gasteiger partial charge in [-0.1, -0.05) is 0 Å². The van der Waals surface area contributed by atoms with Gasteiger partial charge in [-0.25, -0.2) is 4.79 Å². The van der Waals surface area contributed by atoms with Crippen molar-refractivity contribution in [2.45, 2.75) is 45.3 Å². The molecule has 1 fully saturated rings. The lowest BCUT2D eigenvalue weighted by atomic mass is 10.2. The first kappa shape index (κ1) is 14.4. The molecule has 0 amide bonds. The third kappa shape index (κ3) is 4.99. The molecule has 0 aliphatic carbocycles. The molecule has 0 aromatic carbocycles. The van der Waals surface area contributed by atoms with Gasteiger partial charge in [0.25, 0.3) is 0 Å². The number of nitrogens with zero attached hydrogens (tertiary/aromatic N) is 1. The average molecular weight is 247 g/mol. The number of hydrogen-bond donors (Lipinski definition) is 2. The van der Waals surface area contributed by atoms with Crippen LogP contribution in [0.1, 0.15) is 27.2 Å². The van der Waals surface area contributed by atoms with Gasteiger partial charge in [0.15, 0.2) is 6.10 Å². The van der Waals surface area contributed by atoms with Crippen LogP contribution in [0.15, 0.2) is 0 Å². The van der Waals surface area contributed by atoms with Crippen molar-refractivity contribution < 1.29 is 24.5 Å². The number of ether oxygens (including phenoxy) is 2. The number of carboxylic acid groups (broad SMARTS) is 1. The number of carbonyl (C=O) groups is 1. The van der Waals surface area contributed by atoms with Crippen LogP contribution in [-0.2, 0) is 14.3 Å². The van der Waals surface area contributed by atoms with Gasteiger partial charge in [0.2, 0.25) is 6.41 Å². The summed E-state index contributed by atoms with van der Waals surface area (Å²) in [4.78, 5) is 12.5. The van der Waals surface area contributed by atoms with E-state index in [1.807, 2.05) is 20.8 Å². The summed E-state index contributed by atoms with van der Waals surface area (Å²) in [5, 5.41) is 18.8. The van der Waals surface area contributed by atoms with E-state index in [9.17, 15) is 9.90 Å². The largest absolute Gasteiger partial charge is 0.479 e. The second-order valence-electron chi connectivity index (χ2n) is 5.10. The molecule has 6 nitrogen and oxygen atoms in total. The van der Waals surface area contributed by atoms with E-state index in [-0.39, 0.29) is 6.54 Å². The first-order valence-corrected chi connectivity index (χ1v) is 5.74. The van der Waals surface area contributed by atoms with Gasteiger partial charge in [0, 0.05) is 19.7 Å². The van der Waals surface area contributed by atoms with Crippen molar-refractivity contribution in [1.82, 2.24) is 4.90 Å². The Morgan fingerprint density at radius 3 is 2.71 bits per heavy atom. The fourth-order valence-corrected chi connectivity index (χ4v) is 1.59. The molecule has 0 radical (unpaired) electrons. The van der Waals surface area contributed by atoms with Gasteiger partial charge in [-0.2, -0.15) is 0 Å². The van der Waals surface area contributed by atoms with Crippen LogP contribution in [0.25, 0.3) is 0 Å². The van der Waals surface area contributed by atoms with Gasteiger partial charge in [-0.15, -0.1) is 0 Å². The van der Waals surface area contributed by atoms with E-state index >= 15 is 0 Å². The van der Waals surface area contributed by atoms with Crippen molar-refractivity contribution >= 4 is 5.97 Å². The summed E-state index contributed by atoms with van der Waals surface area (Å²) in [7, 11) is 0. The fraction of sp³-hybridized carbons (Fsp3) is 0.909. The van der Waals surface area contributed by atoms with Crippen molar-refractivity contribution in [3.63, 3.8) is 0 Å². The molecule has 100 valence electrons. The molecule has 1 saturated heterocycles. The van der Waals surface area contributed by atoms with E-state index in [2.05, 4.69) is 0 Å². The standard InChI is InChI=1S/C11H21NO5/c1-11(2,3)17-10(15)12-5-4-6-16-8(7-12)9(13)14/h8,10,15H,4-7H2,1-3H3,(H,13,14)/t8-,10?/m0/s1. The molecule has 6 heteroatoms. The number of aliphatic carboxylic acids is 1. The first-order chi connectivity index (χ1) is 7.79. The molecule has 2 N–H and O–H groups in total. The van der Waals surface area contributed by atoms with E-state index in [1.165, 1.54) is 0 Å². The van der Waals surface area contributed by atoms with Crippen LogP contribution < -0.4 is 0 Å². The van der Waals surface area contributed by atoms with E-state index in [4.69, 9.17) is 14.6 Å². The fourth-order valence-electron chi connectivity index (χ4n) is 1.59. The Hall–Kier alpha value is -0.690. The van der Waals surface area contributed by atoms with Gasteiger partial charge >= 0.3 is 5.97 Å². The van der Waals surface area contributed by atoms with E-state index in [0.29, 0.717) is 19.6 Å². The highest BCUT2D eigenvalue weighted by atomic mass is 16.6. The predicted molar refractivity (Wildman–Crippen MR) is 60.4 cm³/mol. The van der Waals surface area contributed by atoms with E-state index in [1.54, 1.807) is 4.90 Å². The van der Waals surface area contributed by atoms with Crippen LogP contribution in [0.2, 0.25) is 0 Å². The molecular formula is C11H21NO5.